The number of benzene rings is 2. The van der Waals surface area contributed by atoms with E-state index in [-0.39, 0.29) is 5.91 Å². The van der Waals surface area contributed by atoms with Gasteiger partial charge in [0, 0.05) is 36.7 Å². The van der Waals surface area contributed by atoms with Crippen molar-refractivity contribution in [2.75, 3.05) is 62.2 Å². The number of hydrogen-bond donors (Lipinski definition) is 2. The zero-order valence-corrected chi connectivity index (χ0v) is 39.5. The summed E-state index contributed by atoms with van der Waals surface area (Å²) in [7, 11) is -0.417. The second-order valence-corrected chi connectivity index (χ2v) is 15.6. The van der Waals surface area contributed by atoms with Crippen molar-refractivity contribution in [2.45, 2.75) is 122 Å². The van der Waals surface area contributed by atoms with Crippen LogP contribution in [-0.2, 0) is 9.36 Å². The highest BCUT2D eigenvalue weighted by atomic mass is 35.5. The summed E-state index contributed by atoms with van der Waals surface area (Å²) in [5, 5.41) is 7.87. The molecule has 1 saturated heterocycles. The fourth-order valence-electron chi connectivity index (χ4n) is 5.51. The minimum absolute atomic E-state index is 0.258. The molecule has 8 nitrogen and oxygen atoms in total. The quantitative estimate of drug-likeness (QED) is 0.156. The number of aryl methyl sites for hydroxylation is 2. The minimum atomic E-state index is -2.06. The van der Waals surface area contributed by atoms with Crippen LogP contribution in [0.15, 0.2) is 61.3 Å². The predicted octanol–water partition coefficient (Wildman–Crippen LogP) is 13.0. The van der Waals surface area contributed by atoms with Crippen LogP contribution < -0.4 is 25.6 Å². The van der Waals surface area contributed by atoms with Gasteiger partial charge in [-0.25, -0.2) is 4.98 Å². The lowest BCUT2D eigenvalue weighted by molar-refractivity contribution is -0.111. The summed E-state index contributed by atoms with van der Waals surface area (Å²) in [5.74, 6) is 1.05. The minimum Gasteiger partial charge on any atom is -0.494 e. The Labute approximate surface area is 343 Å². The summed E-state index contributed by atoms with van der Waals surface area (Å²) in [6.45, 7) is 39.7. The van der Waals surface area contributed by atoms with Crippen molar-refractivity contribution < 1.29 is 14.1 Å². The third-order valence-corrected chi connectivity index (χ3v) is 9.96. The Bertz CT molecular complexity index is 1500. The fraction of sp³-hybridized carbons (Fsp3) is 0.556. The van der Waals surface area contributed by atoms with E-state index >= 15 is 0 Å². The van der Waals surface area contributed by atoms with Gasteiger partial charge in [-0.05, 0) is 82.4 Å². The number of ether oxygens (including phenoxy) is 1. The van der Waals surface area contributed by atoms with Gasteiger partial charge in [-0.2, -0.15) is 0 Å². The van der Waals surface area contributed by atoms with Gasteiger partial charge in [0.05, 0.1) is 29.2 Å². The lowest BCUT2D eigenvalue weighted by Crippen LogP contribution is -2.45. The van der Waals surface area contributed by atoms with Crippen LogP contribution in [-0.4, -0.2) is 68.5 Å². The second-order valence-electron chi connectivity index (χ2n) is 12.0. The number of nitrogens with one attached hydrogen (secondary N) is 2. The second kappa shape index (κ2) is 32.9. The van der Waals surface area contributed by atoms with E-state index in [0.717, 1.165) is 61.1 Å². The number of carbonyl (C=O) groups excluding carboxylic acids is 1. The first-order valence-corrected chi connectivity index (χ1v) is 23.5. The van der Waals surface area contributed by atoms with Crippen LogP contribution in [0.4, 0.5) is 22.9 Å². The van der Waals surface area contributed by atoms with E-state index in [1.54, 1.807) is 26.6 Å². The largest absolute Gasteiger partial charge is 0.494 e. The summed E-state index contributed by atoms with van der Waals surface area (Å²) in [5.41, 5.74) is 4.38. The summed E-state index contributed by atoms with van der Waals surface area (Å²) in [6.07, 6.45) is 6.29. The molecule has 2 heterocycles. The molecule has 2 N–H and O–H groups in total. The van der Waals surface area contributed by atoms with Crippen LogP contribution in [0, 0.1) is 13.8 Å². The van der Waals surface area contributed by atoms with Crippen molar-refractivity contribution in [1.82, 2.24) is 9.88 Å². The van der Waals surface area contributed by atoms with Gasteiger partial charge >= 0.3 is 0 Å². The SMILES string of the molecule is C=CC(=O)Nc1cc(Nc2cc(C)c(Cl)cn2)c(OC)cc1N1CCC(N(CC)CC)CC1.CC.CC.CC.CC.CCC.Cc1ccccc1P(C)(C)=O. The molecule has 2 aromatic carbocycles. The number of anilines is 4. The summed E-state index contributed by atoms with van der Waals surface area (Å²) >= 11 is 6.12. The first-order valence-electron chi connectivity index (χ1n) is 20.5. The average molecular weight is 805 g/mol. The molecule has 0 radical (unpaired) electrons. The summed E-state index contributed by atoms with van der Waals surface area (Å²) < 4.78 is 17.3. The Morgan fingerprint density at radius 2 is 1.45 bits per heavy atom. The number of rotatable bonds is 10. The van der Waals surface area contributed by atoms with E-state index < -0.39 is 7.14 Å². The molecule has 0 saturated carbocycles. The van der Waals surface area contributed by atoms with Gasteiger partial charge < -0.3 is 29.7 Å². The van der Waals surface area contributed by atoms with E-state index in [1.807, 2.05) is 112 Å². The maximum Gasteiger partial charge on any atom is 0.247 e. The van der Waals surface area contributed by atoms with Crippen LogP contribution in [0.1, 0.15) is 113 Å². The number of methoxy groups -OCH3 is 1. The molecule has 4 rings (SSSR count). The molecular weight excluding hydrogens is 725 g/mol. The number of halogens is 1. The van der Waals surface area contributed by atoms with E-state index in [4.69, 9.17) is 16.3 Å². The Kier molecular flexibility index (Phi) is 33.5. The van der Waals surface area contributed by atoms with Crippen LogP contribution in [0.25, 0.3) is 0 Å². The van der Waals surface area contributed by atoms with Gasteiger partial charge in [0.1, 0.15) is 18.7 Å². The topological polar surface area (TPSA) is 86.8 Å². The normalized spacial score (nSPS) is 11.7. The smallest absolute Gasteiger partial charge is 0.247 e. The molecular formula is C45H79ClN5O3P. The van der Waals surface area contributed by atoms with Gasteiger partial charge in [0.25, 0.3) is 0 Å². The number of carbonyl (C=O) groups is 1. The Morgan fingerprint density at radius 1 is 0.927 bits per heavy atom. The monoisotopic (exact) mass is 804 g/mol. The van der Waals surface area contributed by atoms with Crippen LogP contribution >= 0.6 is 18.7 Å². The molecule has 0 atom stereocenters. The number of amides is 1. The molecule has 1 fully saturated rings. The molecule has 0 unspecified atom stereocenters. The lowest BCUT2D eigenvalue weighted by Gasteiger charge is -2.39. The Balaban J connectivity index is -0.00000102. The van der Waals surface area contributed by atoms with E-state index in [1.165, 1.54) is 12.5 Å². The highest BCUT2D eigenvalue weighted by molar-refractivity contribution is 7.70. The standard InChI is InChI=1S/C25H34ClN5O2.C9H13OP.C3H8.4C2H6/c1-6-25(32)29-20-14-21(28-24-13-17(4)19(26)16-27-24)23(33-5)15-22(20)31-11-9-18(10-12-31)30(7-2)8-3;1-8-6-4-5-7-9(8)11(2,3)10;1-3-2;4*1-2/h6,13-16,18H,1,7-12H2,2-5H3,(H,27,28)(H,29,32);4-7H,1-3H3;3H2,1-2H3;4*1-2H3. The van der Waals surface area contributed by atoms with Gasteiger partial charge in [-0.1, -0.05) is 132 Å². The Hall–Kier alpha value is -3.32. The van der Waals surface area contributed by atoms with Gasteiger partial charge in [0.2, 0.25) is 5.91 Å². The average Bonchev–Trinajstić information content (AvgIpc) is 3.20. The molecule has 314 valence electrons. The third kappa shape index (κ3) is 20.4. The highest BCUT2D eigenvalue weighted by Gasteiger charge is 2.26. The molecule has 1 aromatic heterocycles. The molecule has 1 aliphatic rings. The first-order chi connectivity index (χ1) is 26.3. The van der Waals surface area contributed by atoms with Crippen molar-refractivity contribution in [3.8, 4) is 5.75 Å². The number of hydrogen-bond acceptors (Lipinski definition) is 7. The van der Waals surface area contributed by atoms with E-state index in [9.17, 15) is 9.36 Å². The van der Waals surface area contributed by atoms with Gasteiger partial charge in [-0.15, -0.1) is 0 Å². The van der Waals surface area contributed by atoms with Crippen LogP contribution in [0.3, 0.4) is 0 Å². The van der Waals surface area contributed by atoms with E-state index in [0.29, 0.717) is 34.0 Å². The summed E-state index contributed by atoms with van der Waals surface area (Å²) in [6, 6.07) is 14.2. The molecule has 0 bridgehead atoms. The zero-order chi connectivity index (χ0) is 43.1. The molecule has 55 heavy (non-hydrogen) atoms. The van der Waals surface area contributed by atoms with Crippen molar-refractivity contribution in [2.24, 2.45) is 0 Å². The molecule has 1 aliphatic heterocycles. The van der Waals surface area contributed by atoms with E-state index in [2.05, 4.69) is 59.7 Å². The third-order valence-electron chi connectivity index (χ3n) is 7.90. The predicted molar refractivity (Wildman–Crippen MR) is 249 cm³/mol. The number of aromatic nitrogens is 1. The zero-order valence-electron chi connectivity index (χ0n) is 37.8. The molecule has 10 heteroatoms. The van der Waals surface area contributed by atoms with Gasteiger partial charge in [-0.3, -0.25) is 4.79 Å². The van der Waals surface area contributed by atoms with Crippen molar-refractivity contribution in [3.05, 3.63) is 77.5 Å². The number of nitrogens with zero attached hydrogens (tertiary/aromatic N) is 3. The van der Waals surface area contributed by atoms with Crippen molar-refractivity contribution in [1.29, 1.82) is 0 Å². The number of piperidine rings is 1. The molecule has 1 amide bonds. The maximum atomic E-state index is 12.2. The lowest BCUT2D eigenvalue weighted by atomic mass is 10.0. The van der Waals surface area contributed by atoms with Crippen LogP contribution in [0.2, 0.25) is 5.02 Å². The Morgan fingerprint density at radius 3 is 1.87 bits per heavy atom. The fourth-order valence-corrected chi connectivity index (χ4v) is 6.98. The van der Waals surface area contributed by atoms with Crippen LogP contribution in [0.5, 0.6) is 5.75 Å². The molecule has 3 aromatic rings. The maximum absolute atomic E-state index is 12.2. The van der Waals surface area contributed by atoms with Crippen molar-refractivity contribution >= 4 is 52.8 Å². The van der Waals surface area contributed by atoms with Gasteiger partial charge in [0.15, 0.2) is 0 Å². The summed E-state index contributed by atoms with van der Waals surface area (Å²) in [4.78, 5) is 21.4. The van der Waals surface area contributed by atoms with Crippen molar-refractivity contribution in [3.63, 3.8) is 0 Å². The molecule has 0 spiro atoms. The number of pyridine rings is 1. The first kappa shape index (κ1) is 56.0. The highest BCUT2D eigenvalue weighted by Crippen LogP contribution is 2.40. The molecule has 0 aliphatic carbocycles.